The number of carbonyl (C=O) groups excluding carboxylic acids is 1. The van der Waals surface area contributed by atoms with E-state index in [9.17, 15) is 13.6 Å². The van der Waals surface area contributed by atoms with Gasteiger partial charge in [0.05, 0.1) is 6.54 Å². The molecular weight excluding hydrogens is 304 g/mol. The van der Waals surface area contributed by atoms with E-state index in [0.29, 0.717) is 18.9 Å². The Morgan fingerprint density at radius 1 is 1.43 bits per heavy atom. The number of hydrogen-bond donors (Lipinski definition) is 1. The Kier molecular flexibility index (Phi) is 4.74. The third kappa shape index (κ3) is 4.71. The molecule has 2 rings (SSSR count). The Labute approximate surface area is 124 Å². The van der Waals surface area contributed by atoms with Crippen LogP contribution in [-0.4, -0.2) is 27.7 Å². The van der Waals surface area contributed by atoms with Gasteiger partial charge in [-0.05, 0) is 29.8 Å². The van der Waals surface area contributed by atoms with Crippen LogP contribution in [0.15, 0.2) is 42.7 Å². The number of anilines is 1. The molecule has 0 aliphatic heterocycles. The number of carbonyl (C=O) groups is 1. The summed E-state index contributed by atoms with van der Waals surface area (Å²) in [6.07, 6.45) is 3.45. The molecule has 1 aromatic heterocycles. The molecule has 0 saturated heterocycles. The zero-order valence-electron chi connectivity index (χ0n) is 10.8. The third-order valence-electron chi connectivity index (χ3n) is 2.50. The number of nitrogens with zero attached hydrogens (tertiary/aromatic N) is 2. The zero-order valence-corrected chi connectivity index (χ0v) is 11.6. The molecule has 112 valence electrons. The summed E-state index contributed by atoms with van der Waals surface area (Å²) in [6.45, 7) is 0.897. The van der Waals surface area contributed by atoms with Crippen LogP contribution in [0.25, 0.3) is 0 Å². The van der Waals surface area contributed by atoms with Crippen molar-refractivity contribution in [2.24, 2.45) is 0 Å². The zero-order chi connectivity index (χ0) is 15.3. The predicted molar refractivity (Wildman–Crippen MR) is 73.6 cm³/mol. The number of rotatable bonds is 6. The lowest BCUT2D eigenvalue weighted by atomic mass is 10.3. The largest absolute Gasteiger partial charge is 0.492 e. The number of alkyl halides is 3. The maximum atomic E-state index is 12.6. The summed E-state index contributed by atoms with van der Waals surface area (Å²) >= 11 is 4.63. The van der Waals surface area contributed by atoms with Crippen LogP contribution in [0.1, 0.15) is 0 Å². The van der Waals surface area contributed by atoms with Gasteiger partial charge in [-0.15, -0.1) is 0 Å². The van der Waals surface area contributed by atoms with Crippen LogP contribution in [0, 0.1) is 0 Å². The molecule has 5 nitrogen and oxygen atoms in total. The fourth-order valence-electron chi connectivity index (χ4n) is 1.56. The molecule has 8 heteroatoms. The molecule has 1 aromatic carbocycles. The van der Waals surface area contributed by atoms with Gasteiger partial charge in [0.15, 0.2) is 0 Å². The van der Waals surface area contributed by atoms with Gasteiger partial charge in [0.1, 0.15) is 12.4 Å². The molecule has 0 unspecified atom stereocenters. The lowest BCUT2D eigenvalue weighted by Gasteiger charge is -2.11. The van der Waals surface area contributed by atoms with Crippen molar-refractivity contribution < 1.29 is 18.3 Å². The van der Waals surface area contributed by atoms with Crippen molar-refractivity contribution in [1.82, 2.24) is 9.78 Å². The Hall–Kier alpha value is -2.15. The highest BCUT2D eigenvalue weighted by Crippen LogP contribution is 2.23. The van der Waals surface area contributed by atoms with E-state index >= 15 is 0 Å². The van der Waals surface area contributed by atoms with Crippen LogP contribution in [-0.2, 0) is 11.3 Å². The highest BCUT2D eigenvalue weighted by molar-refractivity contribution is 6.33. The molecule has 0 spiro atoms. The van der Waals surface area contributed by atoms with Gasteiger partial charge in [0.2, 0.25) is 0 Å². The van der Waals surface area contributed by atoms with Crippen molar-refractivity contribution in [3.63, 3.8) is 0 Å². The minimum Gasteiger partial charge on any atom is -0.492 e. The van der Waals surface area contributed by atoms with Gasteiger partial charge in [-0.2, -0.15) is 13.9 Å². The van der Waals surface area contributed by atoms with Gasteiger partial charge < -0.3 is 10.1 Å². The normalized spacial score (nSPS) is 11.2. The summed E-state index contributed by atoms with van der Waals surface area (Å²) in [7, 11) is 0. The summed E-state index contributed by atoms with van der Waals surface area (Å²) < 4.78 is 32.3. The second kappa shape index (κ2) is 6.53. The van der Waals surface area contributed by atoms with Gasteiger partial charge in [0.25, 0.3) is 0 Å². The van der Waals surface area contributed by atoms with Crippen molar-refractivity contribution in [3.05, 3.63) is 42.7 Å². The van der Waals surface area contributed by atoms with Crippen molar-refractivity contribution in [2.75, 3.05) is 11.9 Å². The predicted octanol–water partition coefficient (Wildman–Crippen LogP) is 2.73. The van der Waals surface area contributed by atoms with Crippen LogP contribution >= 0.6 is 11.6 Å². The molecule has 0 saturated carbocycles. The van der Waals surface area contributed by atoms with E-state index in [1.54, 1.807) is 35.3 Å². The number of benzene rings is 1. The van der Waals surface area contributed by atoms with Crippen molar-refractivity contribution in [1.29, 1.82) is 0 Å². The van der Waals surface area contributed by atoms with E-state index < -0.39 is 11.3 Å². The molecule has 21 heavy (non-hydrogen) atoms. The summed E-state index contributed by atoms with van der Waals surface area (Å²) in [4.78, 5) is 11.1. The van der Waals surface area contributed by atoms with E-state index in [0.717, 1.165) is 0 Å². The van der Waals surface area contributed by atoms with Gasteiger partial charge in [-0.25, -0.2) is 0 Å². The fourth-order valence-corrected chi connectivity index (χ4v) is 1.60. The Morgan fingerprint density at radius 2 is 2.24 bits per heavy atom. The van der Waals surface area contributed by atoms with E-state index in [2.05, 4.69) is 16.7 Å². The van der Waals surface area contributed by atoms with Gasteiger partial charge in [-0.1, -0.05) is 6.07 Å². The first-order chi connectivity index (χ1) is 9.95. The molecule has 0 aliphatic carbocycles. The number of amides is 1. The maximum Gasteiger partial charge on any atom is 0.400 e. The van der Waals surface area contributed by atoms with E-state index in [-0.39, 0.29) is 5.69 Å². The van der Waals surface area contributed by atoms with E-state index in [4.69, 9.17) is 4.74 Å². The first-order valence-corrected chi connectivity index (χ1v) is 6.41. The van der Waals surface area contributed by atoms with E-state index in [1.807, 2.05) is 5.32 Å². The molecule has 0 fully saturated rings. The number of hydrogen-bond acceptors (Lipinski definition) is 3. The van der Waals surface area contributed by atoms with Crippen molar-refractivity contribution in [3.8, 4) is 5.75 Å². The molecular formula is C13H12ClF2N3O2. The highest BCUT2D eigenvalue weighted by Gasteiger charge is 2.35. The molecule has 0 radical (unpaired) electrons. The highest BCUT2D eigenvalue weighted by atomic mass is 35.5. The van der Waals surface area contributed by atoms with Crippen LogP contribution in [0.5, 0.6) is 5.75 Å². The molecule has 2 aromatic rings. The summed E-state index contributed by atoms with van der Waals surface area (Å²) in [5, 5.41) is 2.07. The molecule has 1 N–H and O–H groups in total. The quantitative estimate of drug-likeness (QED) is 0.834. The number of aromatic nitrogens is 2. The van der Waals surface area contributed by atoms with Gasteiger partial charge in [-0.3, -0.25) is 9.48 Å². The SMILES string of the molecule is O=C(Nc1cccc(OCCn2cccn2)c1)C(F)(F)Cl. The van der Waals surface area contributed by atoms with Crippen LogP contribution in [0.3, 0.4) is 0 Å². The Bertz CT molecular complexity index is 600. The van der Waals surface area contributed by atoms with Crippen LogP contribution in [0.2, 0.25) is 0 Å². The second-order valence-electron chi connectivity index (χ2n) is 4.10. The average Bonchev–Trinajstić information content (AvgIpc) is 2.91. The molecule has 1 heterocycles. The monoisotopic (exact) mass is 315 g/mol. The van der Waals surface area contributed by atoms with E-state index in [1.165, 1.54) is 12.1 Å². The van der Waals surface area contributed by atoms with Gasteiger partial charge in [0, 0.05) is 24.1 Å². The lowest BCUT2D eigenvalue weighted by molar-refractivity contribution is -0.130. The molecule has 0 atom stereocenters. The minimum atomic E-state index is -3.95. The van der Waals surface area contributed by atoms with Gasteiger partial charge >= 0.3 is 11.3 Å². The second-order valence-corrected chi connectivity index (χ2v) is 4.57. The lowest BCUT2D eigenvalue weighted by Crippen LogP contribution is -2.28. The van der Waals surface area contributed by atoms with Crippen LogP contribution in [0.4, 0.5) is 14.5 Å². The number of halogens is 3. The fraction of sp³-hybridized carbons (Fsp3) is 0.231. The first kappa shape index (κ1) is 15.2. The Balaban J connectivity index is 1.90. The molecule has 0 bridgehead atoms. The average molecular weight is 316 g/mol. The summed E-state index contributed by atoms with van der Waals surface area (Å²) in [5.41, 5.74) is 0.178. The number of ether oxygens (including phenoxy) is 1. The third-order valence-corrected chi connectivity index (χ3v) is 2.67. The smallest absolute Gasteiger partial charge is 0.400 e. The summed E-state index contributed by atoms with van der Waals surface area (Å²) in [6, 6.07) is 7.91. The number of nitrogens with one attached hydrogen (secondary N) is 1. The van der Waals surface area contributed by atoms with Crippen LogP contribution < -0.4 is 10.1 Å². The molecule has 0 aliphatic rings. The first-order valence-electron chi connectivity index (χ1n) is 6.03. The Morgan fingerprint density at radius 3 is 2.90 bits per heavy atom. The maximum absolute atomic E-state index is 12.6. The minimum absolute atomic E-state index is 0.178. The summed E-state index contributed by atoms with van der Waals surface area (Å²) in [5.74, 6) is -1.14. The van der Waals surface area contributed by atoms with Crippen molar-refractivity contribution >= 4 is 23.2 Å². The topological polar surface area (TPSA) is 56.1 Å². The van der Waals surface area contributed by atoms with Crippen molar-refractivity contribution in [2.45, 2.75) is 11.9 Å². The molecule has 1 amide bonds. The standard InChI is InChI=1S/C13H12ClF2N3O2/c14-13(15,16)12(20)18-10-3-1-4-11(9-10)21-8-7-19-6-2-5-17-19/h1-6,9H,7-8H2,(H,18,20).